The van der Waals surface area contributed by atoms with Crippen LogP contribution in [0.3, 0.4) is 0 Å². The lowest BCUT2D eigenvalue weighted by atomic mass is 9.99. The number of aryl methyl sites for hydroxylation is 2. The molecule has 2 rings (SSSR count). The van der Waals surface area contributed by atoms with Crippen LogP contribution in [0.2, 0.25) is 5.02 Å². The first-order chi connectivity index (χ1) is 8.65. The molecule has 1 aromatic carbocycles. The van der Waals surface area contributed by atoms with E-state index in [-0.39, 0.29) is 6.04 Å². The van der Waals surface area contributed by atoms with Gasteiger partial charge in [-0.25, -0.2) is 0 Å². The molecule has 0 fully saturated rings. The zero-order valence-electron chi connectivity index (χ0n) is 11.0. The van der Waals surface area contributed by atoms with Crippen molar-refractivity contribution in [3.63, 3.8) is 0 Å². The summed E-state index contributed by atoms with van der Waals surface area (Å²) in [5.74, 6) is 0. The Morgan fingerprint density at radius 2 is 1.94 bits per heavy atom. The summed E-state index contributed by atoms with van der Waals surface area (Å²) in [6.07, 6.45) is 0. The molecule has 0 saturated carbocycles. The monoisotopic (exact) mass is 279 g/mol. The van der Waals surface area contributed by atoms with Crippen LogP contribution in [0.1, 0.15) is 34.5 Å². The van der Waals surface area contributed by atoms with Crippen LogP contribution in [0, 0.1) is 13.8 Å². The molecule has 2 aromatic rings. The lowest BCUT2D eigenvalue weighted by molar-refractivity contribution is 0.636. The average molecular weight is 280 g/mol. The molecule has 96 valence electrons. The summed E-state index contributed by atoms with van der Waals surface area (Å²) in [5, 5.41) is 6.56. The van der Waals surface area contributed by atoms with Gasteiger partial charge in [0.2, 0.25) is 0 Å². The van der Waals surface area contributed by atoms with E-state index in [1.54, 1.807) is 11.3 Å². The topological polar surface area (TPSA) is 12.0 Å². The molecule has 1 N–H and O–H groups in total. The highest BCUT2D eigenvalue weighted by molar-refractivity contribution is 7.10. The molecule has 1 heterocycles. The lowest BCUT2D eigenvalue weighted by Crippen LogP contribution is -2.22. The van der Waals surface area contributed by atoms with Crippen molar-refractivity contribution >= 4 is 22.9 Å². The van der Waals surface area contributed by atoms with Crippen LogP contribution < -0.4 is 5.32 Å². The van der Waals surface area contributed by atoms with Crippen molar-refractivity contribution in [2.75, 3.05) is 6.54 Å². The van der Waals surface area contributed by atoms with E-state index in [9.17, 15) is 0 Å². The van der Waals surface area contributed by atoms with Gasteiger partial charge in [-0.15, -0.1) is 11.3 Å². The first-order valence-electron chi connectivity index (χ1n) is 6.17. The fourth-order valence-corrected chi connectivity index (χ4v) is 3.50. The van der Waals surface area contributed by atoms with Gasteiger partial charge in [0.25, 0.3) is 0 Å². The van der Waals surface area contributed by atoms with Crippen LogP contribution in [0.4, 0.5) is 0 Å². The van der Waals surface area contributed by atoms with Crippen LogP contribution in [0.5, 0.6) is 0 Å². The molecule has 0 radical (unpaired) electrons. The van der Waals surface area contributed by atoms with Gasteiger partial charge in [-0.1, -0.05) is 42.8 Å². The number of hydrogen-bond acceptors (Lipinski definition) is 2. The van der Waals surface area contributed by atoms with Crippen LogP contribution >= 0.6 is 22.9 Å². The third-order valence-corrected chi connectivity index (χ3v) is 4.87. The summed E-state index contributed by atoms with van der Waals surface area (Å²) >= 11 is 8.15. The predicted molar refractivity (Wildman–Crippen MR) is 80.8 cm³/mol. The summed E-state index contributed by atoms with van der Waals surface area (Å²) in [4.78, 5) is 1.21. The van der Waals surface area contributed by atoms with Crippen LogP contribution in [-0.2, 0) is 0 Å². The number of hydrogen-bond donors (Lipinski definition) is 1. The standard InChI is InChI=1S/C15H18ClNS/c1-4-17-14(12-8-6-5-7-10(12)2)15-13(16)11(3)9-18-15/h5-9,14,17H,4H2,1-3H3. The Hall–Kier alpha value is -0.830. The minimum atomic E-state index is 0.197. The number of nitrogens with one attached hydrogen (secondary N) is 1. The molecular weight excluding hydrogens is 262 g/mol. The summed E-state index contributed by atoms with van der Waals surface area (Å²) in [5.41, 5.74) is 3.77. The van der Waals surface area contributed by atoms with E-state index >= 15 is 0 Å². The second-order valence-corrected chi connectivity index (χ2v) is 5.73. The second-order valence-electron chi connectivity index (χ2n) is 4.44. The number of halogens is 1. The first-order valence-corrected chi connectivity index (χ1v) is 7.43. The van der Waals surface area contributed by atoms with E-state index in [1.807, 2.05) is 0 Å². The Kier molecular flexibility index (Phi) is 4.44. The van der Waals surface area contributed by atoms with Gasteiger partial charge in [-0.05, 0) is 42.5 Å². The van der Waals surface area contributed by atoms with Crippen molar-refractivity contribution in [2.45, 2.75) is 26.8 Å². The molecule has 0 amide bonds. The van der Waals surface area contributed by atoms with Gasteiger partial charge in [-0.3, -0.25) is 0 Å². The van der Waals surface area contributed by atoms with Crippen molar-refractivity contribution in [1.82, 2.24) is 5.32 Å². The van der Waals surface area contributed by atoms with Gasteiger partial charge in [0.15, 0.2) is 0 Å². The summed E-state index contributed by atoms with van der Waals surface area (Å²) in [6, 6.07) is 8.68. The van der Waals surface area contributed by atoms with Gasteiger partial charge in [-0.2, -0.15) is 0 Å². The molecule has 3 heteroatoms. The van der Waals surface area contributed by atoms with Crippen LogP contribution in [-0.4, -0.2) is 6.54 Å². The van der Waals surface area contributed by atoms with Gasteiger partial charge in [0.05, 0.1) is 11.1 Å². The Morgan fingerprint density at radius 1 is 1.22 bits per heavy atom. The summed E-state index contributed by atoms with van der Waals surface area (Å²) < 4.78 is 0. The van der Waals surface area contributed by atoms with Gasteiger partial charge >= 0.3 is 0 Å². The summed E-state index contributed by atoms with van der Waals surface area (Å²) in [6.45, 7) is 7.25. The first kappa shape index (κ1) is 13.6. The smallest absolute Gasteiger partial charge is 0.0688 e. The summed E-state index contributed by atoms with van der Waals surface area (Å²) in [7, 11) is 0. The minimum Gasteiger partial charge on any atom is -0.306 e. The molecule has 0 aliphatic carbocycles. The molecule has 18 heavy (non-hydrogen) atoms. The Morgan fingerprint density at radius 3 is 2.50 bits per heavy atom. The third-order valence-electron chi connectivity index (χ3n) is 3.10. The average Bonchev–Trinajstić information content (AvgIpc) is 2.69. The maximum atomic E-state index is 6.41. The SMILES string of the molecule is CCNC(c1ccccc1C)c1scc(C)c1Cl. The zero-order chi connectivity index (χ0) is 13.1. The van der Waals surface area contributed by atoms with E-state index < -0.39 is 0 Å². The highest BCUT2D eigenvalue weighted by Gasteiger charge is 2.20. The molecule has 0 aliphatic rings. The molecule has 1 unspecified atom stereocenters. The van der Waals surface area contributed by atoms with Crippen molar-refractivity contribution in [3.8, 4) is 0 Å². The lowest BCUT2D eigenvalue weighted by Gasteiger charge is -2.19. The van der Waals surface area contributed by atoms with E-state index in [1.165, 1.54) is 16.0 Å². The molecule has 0 spiro atoms. The highest BCUT2D eigenvalue weighted by atomic mass is 35.5. The van der Waals surface area contributed by atoms with Crippen molar-refractivity contribution in [1.29, 1.82) is 0 Å². The predicted octanol–water partition coefficient (Wildman–Crippen LogP) is 4.72. The maximum Gasteiger partial charge on any atom is 0.0688 e. The van der Waals surface area contributed by atoms with E-state index in [2.05, 4.69) is 55.7 Å². The quantitative estimate of drug-likeness (QED) is 0.854. The molecular formula is C15H18ClNS. The van der Waals surface area contributed by atoms with Crippen LogP contribution in [0.25, 0.3) is 0 Å². The molecule has 0 bridgehead atoms. The maximum absolute atomic E-state index is 6.41. The fraction of sp³-hybridized carbons (Fsp3) is 0.333. The normalized spacial score (nSPS) is 12.7. The highest BCUT2D eigenvalue weighted by Crippen LogP contribution is 2.36. The van der Waals surface area contributed by atoms with Crippen molar-refractivity contribution in [2.24, 2.45) is 0 Å². The molecule has 1 atom stereocenters. The zero-order valence-corrected chi connectivity index (χ0v) is 12.5. The van der Waals surface area contributed by atoms with Gasteiger partial charge < -0.3 is 5.32 Å². The minimum absolute atomic E-state index is 0.197. The van der Waals surface area contributed by atoms with E-state index in [0.29, 0.717) is 0 Å². The van der Waals surface area contributed by atoms with Gasteiger partial charge in [0.1, 0.15) is 0 Å². The Labute approximate surface area is 118 Å². The van der Waals surface area contributed by atoms with Crippen LogP contribution in [0.15, 0.2) is 29.6 Å². The molecule has 0 aliphatic heterocycles. The number of rotatable bonds is 4. The molecule has 1 nitrogen and oxygen atoms in total. The molecule has 0 saturated heterocycles. The Balaban J connectivity index is 2.47. The molecule has 1 aromatic heterocycles. The largest absolute Gasteiger partial charge is 0.306 e. The third kappa shape index (κ3) is 2.61. The number of thiophene rings is 1. The van der Waals surface area contributed by atoms with Crippen molar-refractivity contribution < 1.29 is 0 Å². The van der Waals surface area contributed by atoms with E-state index in [4.69, 9.17) is 11.6 Å². The Bertz CT molecular complexity index is 533. The number of benzene rings is 1. The van der Waals surface area contributed by atoms with Gasteiger partial charge in [0, 0.05) is 4.88 Å². The second kappa shape index (κ2) is 5.87. The van der Waals surface area contributed by atoms with Crippen molar-refractivity contribution in [3.05, 3.63) is 56.2 Å². The van der Waals surface area contributed by atoms with E-state index in [0.717, 1.165) is 17.1 Å². The fourth-order valence-electron chi connectivity index (χ4n) is 2.10.